The SMILES string of the molecule is C[C@H](c1ccc(-n2cnc3ccccc32)cc1)N(C)C(=O)NC1CCOCC1. The van der Waals surface area contributed by atoms with Gasteiger partial charge in [0.2, 0.25) is 0 Å². The summed E-state index contributed by atoms with van der Waals surface area (Å²) < 4.78 is 7.43. The van der Waals surface area contributed by atoms with Gasteiger partial charge in [-0.2, -0.15) is 0 Å². The van der Waals surface area contributed by atoms with E-state index in [2.05, 4.69) is 45.2 Å². The van der Waals surface area contributed by atoms with Gasteiger partial charge in [-0.25, -0.2) is 9.78 Å². The molecule has 28 heavy (non-hydrogen) atoms. The molecule has 6 heteroatoms. The monoisotopic (exact) mass is 378 g/mol. The number of nitrogens with one attached hydrogen (secondary N) is 1. The second kappa shape index (κ2) is 8.02. The highest BCUT2D eigenvalue weighted by molar-refractivity contribution is 5.77. The topological polar surface area (TPSA) is 59.4 Å². The summed E-state index contributed by atoms with van der Waals surface area (Å²) in [5.41, 5.74) is 4.21. The number of imidazole rings is 1. The zero-order chi connectivity index (χ0) is 19.5. The van der Waals surface area contributed by atoms with Crippen LogP contribution in [0, 0.1) is 0 Å². The Labute approximate surface area is 165 Å². The molecule has 3 aromatic rings. The third kappa shape index (κ3) is 3.73. The molecule has 0 aliphatic carbocycles. The predicted molar refractivity (Wildman–Crippen MR) is 110 cm³/mol. The van der Waals surface area contributed by atoms with Gasteiger partial charge < -0.3 is 15.0 Å². The second-order valence-electron chi connectivity index (χ2n) is 7.32. The number of ether oxygens (including phenoxy) is 1. The molecule has 2 aromatic carbocycles. The number of carbonyl (C=O) groups excluding carboxylic acids is 1. The van der Waals surface area contributed by atoms with E-state index >= 15 is 0 Å². The van der Waals surface area contributed by atoms with Crippen LogP contribution >= 0.6 is 0 Å². The van der Waals surface area contributed by atoms with Crippen molar-refractivity contribution in [2.24, 2.45) is 0 Å². The van der Waals surface area contributed by atoms with Gasteiger partial charge in [-0.05, 0) is 49.6 Å². The first-order valence-electron chi connectivity index (χ1n) is 9.77. The first kappa shape index (κ1) is 18.5. The summed E-state index contributed by atoms with van der Waals surface area (Å²) in [6.07, 6.45) is 3.60. The molecule has 1 aromatic heterocycles. The Kier molecular flexibility index (Phi) is 5.30. The third-order valence-electron chi connectivity index (χ3n) is 5.56. The van der Waals surface area contributed by atoms with Crippen molar-refractivity contribution in [3.63, 3.8) is 0 Å². The van der Waals surface area contributed by atoms with Crippen LogP contribution in [-0.2, 0) is 4.74 Å². The molecular formula is C22H26N4O2. The highest BCUT2D eigenvalue weighted by Crippen LogP contribution is 2.23. The van der Waals surface area contributed by atoms with Crippen LogP contribution in [0.25, 0.3) is 16.7 Å². The molecule has 1 aliphatic rings. The smallest absolute Gasteiger partial charge is 0.317 e. The van der Waals surface area contributed by atoms with Gasteiger partial charge >= 0.3 is 6.03 Å². The highest BCUT2D eigenvalue weighted by Gasteiger charge is 2.22. The summed E-state index contributed by atoms with van der Waals surface area (Å²) in [5, 5.41) is 3.12. The molecule has 0 radical (unpaired) electrons. The van der Waals surface area contributed by atoms with E-state index in [4.69, 9.17) is 4.74 Å². The van der Waals surface area contributed by atoms with E-state index in [-0.39, 0.29) is 18.1 Å². The molecule has 4 rings (SSSR count). The molecule has 0 spiro atoms. The second-order valence-corrected chi connectivity index (χ2v) is 7.32. The fourth-order valence-electron chi connectivity index (χ4n) is 3.60. The molecule has 1 saturated heterocycles. The summed E-state index contributed by atoms with van der Waals surface area (Å²) in [4.78, 5) is 18.8. The van der Waals surface area contributed by atoms with Gasteiger partial charge in [-0.3, -0.25) is 4.57 Å². The number of amides is 2. The molecule has 6 nitrogen and oxygen atoms in total. The Bertz CT molecular complexity index is 945. The van der Waals surface area contributed by atoms with Crippen molar-refractivity contribution < 1.29 is 9.53 Å². The molecule has 1 N–H and O–H groups in total. The van der Waals surface area contributed by atoms with Crippen LogP contribution in [0.2, 0.25) is 0 Å². The molecule has 1 aliphatic heterocycles. The lowest BCUT2D eigenvalue weighted by molar-refractivity contribution is 0.0779. The summed E-state index contributed by atoms with van der Waals surface area (Å²) in [6, 6.07) is 16.5. The summed E-state index contributed by atoms with van der Waals surface area (Å²) in [7, 11) is 1.84. The zero-order valence-electron chi connectivity index (χ0n) is 16.3. The first-order valence-corrected chi connectivity index (χ1v) is 9.77. The molecule has 2 amide bonds. The Morgan fingerprint density at radius 3 is 2.64 bits per heavy atom. The maximum Gasteiger partial charge on any atom is 0.317 e. The van der Waals surface area contributed by atoms with Crippen molar-refractivity contribution in [2.75, 3.05) is 20.3 Å². The van der Waals surface area contributed by atoms with Crippen LogP contribution < -0.4 is 5.32 Å². The zero-order valence-corrected chi connectivity index (χ0v) is 16.3. The number of rotatable bonds is 4. The van der Waals surface area contributed by atoms with Crippen LogP contribution in [0.4, 0.5) is 4.79 Å². The number of nitrogens with zero attached hydrogens (tertiary/aromatic N) is 3. The predicted octanol–water partition coefficient (Wildman–Crippen LogP) is 3.91. The Balaban J connectivity index is 1.46. The fraction of sp³-hybridized carbons (Fsp3) is 0.364. The number of fused-ring (bicyclic) bond motifs is 1. The molecule has 1 atom stereocenters. The van der Waals surface area contributed by atoms with Gasteiger partial charge in [0.05, 0.1) is 17.1 Å². The number of carbonyl (C=O) groups is 1. The molecular weight excluding hydrogens is 352 g/mol. The average Bonchev–Trinajstić information content (AvgIpc) is 3.17. The van der Waals surface area contributed by atoms with E-state index in [1.165, 1.54) is 0 Å². The van der Waals surface area contributed by atoms with Crippen LogP contribution in [0.3, 0.4) is 0 Å². The maximum absolute atomic E-state index is 12.6. The lowest BCUT2D eigenvalue weighted by Crippen LogP contribution is -2.45. The van der Waals surface area contributed by atoms with Crippen LogP contribution in [0.5, 0.6) is 0 Å². The first-order chi connectivity index (χ1) is 13.6. The highest BCUT2D eigenvalue weighted by atomic mass is 16.5. The Morgan fingerprint density at radius 1 is 1.18 bits per heavy atom. The number of aromatic nitrogens is 2. The summed E-state index contributed by atoms with van der Waals surface area (Å²) in [6.45, 7) is 3.48. The van der Waals surface area contributed by atoms with Crippen molar-refractivity contribution >= 4 is 17.1 Å². The summed E-state index contributed by atoms with van der Waals surface area (Å²) >= 11 is 0. The van der Waals surface area contributed by atoms with Crippen molar-refractivity contribution in [1.29, 1.82) is 0 Å². The van der Waals surface area contributed by atoms with E-state index in [0.29, 0.717) is 13.2 Å². The third-order valence-corrected chi connectivity index (χ3v) is 5.56. The quantitative estimate of drug-likeness (QED) is 0.749. The van der Waals surface area contributed by atoms with Gasteiger partial charge in [0.1, 0.15) is 6.33 Å². The van der Waals surface area contributed by atoms with Crippen molar-refractivity contribution in [3.05, 3.63) is 60.4 Å². The minimum Gasteiger partial charge on any atom is -0.381 e. The number of benzene rings is 2. The van der Waals surface area contributed by atoms with Gasteiger partial charge in [-0.15, -0.1) is 0 Å². The number of hydrogen-bond acceptors (Lipinski definition) is 3. The van der Waals surface area contributed by atoms with Crippen molar-refractivity contribution in [2.45, 2.75) is 31.8 Å². The molecule has 146 valence electrons. The number of hydrogen-bond donors (Lipinski definition) is 1. The van der Waals surface area contributed by atoms with E-state index in [9.17, 15) is 4.79 Å². The van der Waals surface area contributed by atoms with Crippen LogP contribution in [-0.4, -0.2) is 46.8 Å². The Hall–Kier alpha value is -2.86. The van der Waals surface area contributed by atoms with Gasteiger partial charge in [0.15, 0.2) is 0 Å². The normalized spacial score (nSPS) is 16.1. The van der Waals surface area contributed by atoms with Gasteiger partial charge in [0.25, 0.3) is 0 Å². The number of para-hydroxylation sites is 2. The lowest BCUT2D eigenvalue weighted by atomic mass is 10.1. The largest absolute Gasteiger partial charge is 0.381 e. The van der Waals surface area contributed by atoms with Crippen LogP contribution in [0.1, 0.15) is 31.4 Å². The van der Waals surface area contributed by atoms with E-state index in [1.807, 2.05) is 38.5 Å². The molecule has 0 bridgehead atoms. The minimum atomic E-state index is -0.0379. The van der Waals surface area contributed by atoms with Crippen molar-refractivity contribution in [1.82, 2.24) is 19.8 Å². The molecule has 0 saturated carbocycles. The van der Waals surface area contributed by atoms with Crippen molar-refractivity contribution in [3.8, 4) is 5.69 Å². The fourth-order valence-corrected chi connectivity index (χ4v) is 3.60. The van der Waals surface area contributed by atoms with E-state index in [0.717, 1.165) is 35.1 Å². The molecule has 1 fully saturated rings. The summed E-state index contributed by atoms with van der Waals surface area (Å²) in [5.74, 6) is 0. The van der Waals surface area contributed by atoms with E-state index < -0.39 is 0 Å². The minimum absolute atomic E-state index is 0.0200. The van der Waals surface area contributed by atoms with E-state index in [1.54, 1.807) is 4.90 Å². The standard InChI is InChI=1S/C22H26N4O2/c1-16(25(2)22(27)24-18-11-13-28-14-12-18)17-7-9-19(10-8-17)26-15-23-20-5-3-4-6-21(20)26/h3-10,15-16,18H,11-14H2,1-2H3,(H,24,27)/t16-/m1/s1. The van der Waals surface area contributed by atoms with Gasteiger partial charge in [-0.1, -0.05) is 24.3 Å². The molecule has 0 unspecified atom stereocenters. The van der Waals surface area contributed by atoms with Crippen LogP contribution in [0.15, 0.2) is 54.9 Å². The Morgan fingerprint density at radius 2 is 1.89 bits per heavy atom. The maximum atomic E-state index is 12.6. The molecule has 2 heterocycles. The lowest BCUT2D eigenvalue weighted by Gasteiger charge is -2.30. The van der Waals surface area contributed by atoms with Gasteiger partial charge in [0, 0.05) is 32.0 Å². The average molecular weight is 378 g/mol. The number of urea groups is 1.